The van der Waals surface area contributed by atoms with Crippen LogP contribution in [0, 0.1) is 0 Å². The predicted octanol–water partition coefficient (Wildman–Crippen LogP) is 3.21. The Morgan fingerprint density at radius 2 is 1.39 bits per heavy atom. The van der Waals surface area contributed by atoms with Crippen LogP contribution in [0.15, 0.2) is 54.6 Å². The molecule has 2 heteroatoms. The van der Waals surface area contributed by atoms with Crippen LogP contribution in [0.5, 0.6) is 0 Å². The molecule has 2 aromatic rings. The molecule has 0 aliphatic rings. The van der Waals surface area contributed by atoms with Crippen molar-refractivity contribution >= 4 is 0 Å². The Bertz CT molecular complexity index is 493. The molecule has 0 fully saturated rings. The van der Waals surface area contributed by atoms with E-state index >= 15 is 0 Å². The van der Waals surface area contributed by atoms with Crippen molar-refractivity contribution in [3.05, 3.63) is 71.3 Å². The van der Waals surface area contributed by atoms with E-state index in [4.69, 9.17) is 0 Å². The Morgan fingerprint density at radius 1 is 0.833 bits per heavy atom. The first-order valence-corrected chi connectivity index (χ1v) is 6.24. The third kappa shape index (κ3) is 2.61. The highest BCUT2D eigenvalue weighted by atomic mass is 16.3. The van der Waals surface area contributed by atoms with Gasteiger partial charge in [-0.3, -0.25) is 0 Å². The molecule has 0 bridgehead atoms. The molecule has 94 valence electrons. The molecular formula is C16H18O2. The molecule has 0 radical (unpaired) electrons. The van der Waals surface area contributed by atoms with E-state index in [0.717, 1.165) is 16.7 Å². The quantitative estimate of drug-likeness (QED) is 0.864. The summed E-state index contributed by atoms with van der Waals surface area (Å²) in [6.07, 6.45) is -0.582. The molecule has 0 saturated heterocycles. The minimum Gasteiger partial charge on any atom is -0.388 e. The molecule has 0 amide bonds. The summed E-state index contributed by atoms with van der Waals surface area (Å²) in [6, 6.07) is 17.0. The van der Waals surface area contributed by atoms with Crippen LogP contribution in [0.4, 0.5) is 0 Å². The van der Waals surface area contributed by atoms with Crippen LogP contribution in [-0.2, 0) is 0 Å². The Morgan fingerprint density at radius 3 is 2.00 bits per heavy atom. The lowest BCUT2D eigenvalue weighted by molar-refractivity contribution is 0.164. The molecule has 2 rings (SSSR count). The molecule has 18 heavy (non-hydrogen) atoms. The molecule has 0 unspecified atom stereocenters. The van der Waals surface area contributed by atoms with Crippen LogP contribution in [-0.4, -0.2) is 10.2 Å². The maximum atomic E-state index is 10.4. The molecule has 0 spiro atoms. The van der Waals surface area contributed by atoms with Gasteiger partial charge in [0.15, 0.2) is 0 Å². The van der Waals surface area contributed by atoms with Crippen molar-refractivity contribution < 1.29 is 10.2 Å². The zero-order chi connectivity index (χ0) is 13.0. The summed E-state index contributed by atoms with van der Waals surface area (Å²) < 4.78 is 0. The third-order valence-corrected chi connectivity index (χ3v) is 3.15. The summed E-state index contributed by atoms with van der Waals surface area (Å²) in [6.45, 7) is 1.93. The normalized spacial score (nSPS) is 14.2. The predicted molar refractivity (Wildman–Crippen MR) is 72.2 cm³/mol. The van der Waals surface area contributed by atoms with Gasteiger partial charge in [0, 0.05) is 0 Å². The highest BCUT2D eigenvalue weighted by molar-refractivity contribution is 5.36. The van der Waals surface area contributed by atoms with Gasteiger partial charge in [-0.25, -0.2) is 0 Å². The van der Waals surface area contributed by atoms with E-state index in [1.807, 2.05) is 61.5 Å². The molecule has 2 N–H and O–H groups in total. The van der Waals surface area contributed by atoms with Crippen LogP contribution in [0.3, 0.4) is 0 Å². The van der Waals surface area contributed by atoms with Crippen molar-refractivity contribution in [2.75, 3.05) is 0 Å². The van der Waals surface area contributed by atoms with Crippen LogP contribution in [0.25, 0.3) is 0 Å². The monoisotopic (exact) mass is 242 g/mol. The minimum atomic E-state index is -0.691. The standard InChI is InChI=1S/C16H18O2/c1-2-15(17)13-10-6-7-11-14(13)16(18)12-8-4-3-5-9-12/h3-11,15-18H,2H2,1H3/t15-,16-/m0/s1. The second-order valence-corrected chi connectivity index (χ2v) is 4.37. The second kappa shape index (κ2) is 5.80. The first kappa shape index (κ1) is 12.8. The smallest absolute Gasteiger partial charge is 0.104 e. The van der Waals surface area contributed by atoms with Gasteiger partial charge in [-0.15, -0.1) is 0 Å². The molecule has 2 aromatic carbocycles. The fourth-order valence-corrected chi connectivity index (χ4v) is 2.10. The first-order valence-electron chi connectivity index (χ1n) is 6.24. The van der Waals surface area contributed by atoms with Crippen molar-refractivity contribution in [2.45, 2.75) is 25.6 Å². The Hall–Kier alpha value is -1.64. The lowest BCUT2D eigenvalue weighted by Gasteiger charge is -2.18. The summed E-state index contributed by atoms with van der Waals surface area (Å²) in [5.41, 5.74) is 2.42. The van der Waals surface area contributed by atoms with Gasteiger partial charge in [-0.2, -0.15) is 0 Å². The van der Waals surface area contributed by atoms with E-state index in [1.165, 1.54) is 0 Å². The van der Waals surface area contributed by atoms with Gasteiger partial charge in [-0.05, 0) is 23.1 Å². The fourth-order valence-electron chi connectivity index (χ4n) is 2.10. The first-order chi connectivity index (χ1) is 8.74. The zero-order valence-electron chi connectivity index (χ0n) is 10.5. The average molecular weight is 242 g/mol. The number of benzene rings is 2. The Balaban J connectivity index is 2.39. The van der Waals surface area contributed by atoms with Crippen molar-refractivity contribution in [1.82, 2.24) is 0 Å². The van der Waals surface area contributed by atoms with Crippen LogP contribution >= 0.6 is 0 Å². The maximum absolute atomic E-state index is 10.4. The zero-order valence-corrected chi connectivity index (χ0v) is 10.5. The lowest BCUT2D eigenvalue weighted by Crippen LogP contribution is -2.07. The van der Waals surface area contributed by atoms with Gasteiger partial charge >= 0.3 is 0 Å². The highest BCUT2D eigenvalue weighted by Gasteiger charge is 2.17. The van der Waals surface area contributed by atoms with E-state index in [1.54, 1.807) is 0 Å². The summed E-state index contributed by atoms with van der Waals surface area (Å²) in [5.74, 6) is 0. The molecule has 0 aliphatic heterocycles. The molecular weight excluding hydrogens is 224 g/mol. The van der Waals surface area contributed by atoms with Gasteiger partial charge in [0.2, 0.25) is 0 Å². The van der Waals surface area contributed by atoms with Gasteiger partial charge in [0.1, 0.15) is 6.10 Å². The highest BCUT2D eigenvalue weighted by Crippen LogP contribution is 2.29. The number of aliphatic hydroxyl groups excluding tert-OH is 2. The SMILES string of the molecule is CC[C@H](O)c1ccccc1[C@@H](O)c1ccccc1. The summed E-state index contributed by atoms with van der Waals surface area (Å²) in [5, 5.41) is 20.4. The second-order valence-electron chi connectivity index (χ2n) is 4.37. The van der Waals surface area contributed by atoms with E-state index < -0.39 is 12.2 Å². The van der Waals surface area contributed by atoms with E-state index in [0.29, 0.717) is 6.42 Å². The Kier molecular flexibility index (Phi) is 4.13. The summed E-state index contributed by atoms with van der Waals surface area (Å²) >= 11 is 0. The topological polar surface area (TPSA) is 40.5 Å². The molecule has 0 aliphatic carbocycles. The van der Waals surface area contributed by atoms with E-state index in [-0.39, 0.29) is 0 Å². The number of hydrogen-bond acceptors (Lipinski definition) is 2. The molecule has 2 nitrogen and oxygen atoms in total. The Labute approximate surface area is 108 Å². The molecule has 0 aromatic heterocycles. The van der Waals surface area contributed by atoms with Gasteiger partial charge in [0.25, 0.3) is 0 Å². The van der Waals surface area contributed by atoms with Crippen LogP contribution < -0.4 is 0 Å². The molecule has 2 atom stereocenters. The van der Waals surface area contributed by atoms with Crippen molar-refractivity contribution in [1.29, 1.82) is 0 Å². The summed E-state index contributed by atoms with van der Waals surface area (Å²) in [7, 11) is 0. The molecule has 0 saturated carbocycles. The van der Waals surface area contributed by atoms with Crippen LogP contribution in [0.2, 0.25) is 0 Å². The van der Waals surface area contributed by atoms with Crippen molar-refractivity contribution in [3.8, 4) is 0 Å². The van der Waals surface area contributed by atoms with Crippen molar-refractivity contribution in [2.24, 2.45) is 0 Å². The largest absolute Gasteiger partial charge is 0.388 e. The maximum Gasteiger partial charge on any atom is 0.104 e. The van der Waals surface area contributed by atoms with Crippen LogP contribution in [0.1, 0.15) is 42.2 Å². The van der Waals surface area contributed by atoms with Gasteiger partial charge in [-0.1, -0.05) is 61.5 Å². The van der Waals surface area contributed by atoms with Gasteiger partial charge < -0.3 is 10.2 Å². The van der Waals surface area contributed by atoms with Gasteiger partial charge in [0.05, 0.1) is 6.10 Å². The number of hydrogen-bond donors (Lipinski definition) is 2. The van der Waals surface area contributed by atoms with E-state index in [9.17, 15) is 10.2 Å². The molecule has 0 heterocycles. The summed E-state index contributed by atoms with van der Waals surface area (Å²) in [4.78, 5) is 0. The lowest BCUT2D eigenvalue weighted by atomic mass is 9.93. The van der Waals surface area contributed by atoms with Crippen molar-refractivity contribution in [3.63, 3.8) is 0 Å². The fraction of sp³-hybridized carbons (Fsp3) is 0.250. The van der Waals surface area contributed by atoms with E-state index in [2.05, 4.69) is 0 Å². The number of aliphatic hydroxyl groups is 2. The third-order valence-electron chi connectivity index (χ3n) is 3.15. The average Bonchev–Trinajstić information content (AvgIpc) is 2.46. The minimum absolute atomic E-state index is 0.528. The number of rotatable bonds is 4.